The molecule has 0 amide bonds. The second-order valence-corrected chi connectivity index (χ2v) is 6.41. The number of thiazole rings is 1. The molecule has 0 saturated carbocycles. The van der Waals surface area contributed by atoms with E-state index in [0.29, 0.717) is 0 Å². The number of hydrogen-bond acceptors (Lipinski definition) is 5. The molecule has 122 valence electrons. The number of benzene rings is 2. The molecule has 0 unspecified atom stereocenters. The molecule has 0 N–H and O–H groups in total. The van der Waals surface area contributed by atoms with E-state index < -0.39 is 4.92 Å². The van der Waals surface area contributed by atoms with Crippen molar-refractivity contribution in [1.82, 2.24) is 14.8 Å². The molecule has 4 aromatic rings. The van der Waals surface area contributed by atoms with Crippen LogP contribution in [0.5, 0.6) is 0 Å². The SMILES string of the molecule is O=[N+]([O-])c1ccc2nc(/C=C/c3cnn(-c4ccccc4)c3)sc2c1. The Hall–Kier alpha value is -3.32. The van der Waals surface area contributed by atoms with E-state index in [9.17, 15) is 10.1 Å². The van der Waals surface area contributed by atoms with Gasteiger partial charge in [-0.2, -0.15) is 5.10 Å². The number of non-ortho nitro benzene ring substituents is 1. The minimum Gasteiger partial charge on any atom is -0.258 e. The number of hydrogen-bond donors (Lipinski definition) is 0. The van der Waals surface area contributed by atoms with Crippen molar-refractivity contribution in [2.75, 3.05) is 0 Å². The highest BCUT2D eigenvalue weighted by Crippen LogP contribution is 2.27. The average Bonchev–Trinajstić information content (AvgIpc) is 3.26. The molecule has 0 aliphatic heterocycles. The Morgan fingerprint density at radius 1 is 1.12 bits per heavy atom. The highest BCUT2D eigenvalue weighted by atomic mass is 32.1. The summed E-state index contributed by atoms with van der Waals surface area (Å²) in [7, 11) is 0. The van der Waals surface area contributed by atoms with Gasteiger partial charge in [0.2, 0.25) is 0 Å². The first-order valence-corrected chi connectivity index (χ1v) is 8.34. The van der Waals surface area contributed by atoms with Crippen LogP contribution in [0.2, 0.25) is 0 Å². The topological polar surface area (TPSA) is 73.8 Å². The van der Waals surface area contributed by atoms with Crippen LogP contribution in [0.1, 0.15) is 10.6 Å². The minimum atomic E-state index is -0.396. The largest absolute Gasteiger partial charge is 0.270 e. The van der Waals surface area contributed by atoms with Crippen LogP contribution >= 0.6 is 11.3 Å². The molecule has 0 saturated heterocycles. The van der Waals surface area contributed by atoms with Crippen LogP contribution < -0.4 is 0 Å². The van der Waals surface area contributed by atoms with E-state index in [1.165, 1.54) is 17.4 Å². The lowest BCUT2D eigenvalue weighted by molar-refractivity contribution is -0.384. The van der Waals surface area contributed by atoms with E-state index in [1.807, 2.05) is 48.7 Å². The summed E-state index contributed by atoms with van der Waals surface area (Å²) in [5.74, 6) is 0. The van der Waals surface area contributed by atoms with E-state index in [2.05, 4.69) is 10.1 Å². The van der Waals surface area contributed by atoms with Gasteiger partial charge in [-0.15, -0.1) is 11.3 Å². The van der Waals surface area contributed by atoms with Gasteiger partial charge in [0.1, 0.15) is 5.01 Å². The maximum atomic E-state index is 10.8. The van der Waals surface area contributed by atoms with Crippen LogP contribution in [0.15, 0.2) is 60.9 Å². The maximum Gasteiger partial charge on any atom is 0.270 e. The summed E-state index contributed by atoms with van der Waals surface area (Å²) < 4.78 is 2.61. The summed E-state index contributed by atoms with van der Waals surface area (Å²) in [6.45, 7) is 0. The lowest BCUT2D eigenvalue weighted by Crippen LogP contribution is -1.92. The fraction of sp³-hybridized carbons (Fsp3) is 0. The van der Waals surface area contributed by atoms with Gasteiger partial charge in [0.25, 0.3) is 5.69 Å². The monoisotopic (exact) mass is 348 g/mol. The van der Waals surface area contributed by atoms with Gasteiger partial charge in [0.15, 0.2) is 0 Å². The predicted molar refractivity (Wildman–Crippen MR) is 98.8 cm³/mol. The van der Waals surface area contributed by atoms with E-state index >= 15 is 0 Å². The van der Waals surface area contributed by atoms with Crippen LogP contribution in [0.4, 0.5) is 5.69 Å². The third-order valence-corrected chi connectivity index (χ3v) is 4.62. The van der Waals surface area contributed by atoms with Crippen molar-refractivity contribution in [3.8, 4) is 5.69 Å². The second kappa shape index (κ2) is 6.29. The number of fused-ring (bicyclic) bond motifs is 1. The molecule has 2 heterocycles. The van der Waals surface area contributed by atoms with Crippen molar-refractivity contribution in [2.45, 2.75) is 0 Å². The summed E-state index contributed by atoms with van der Waals surface area (Å²) in [5, 5.41) is 16.0. The van der Waals surface area contributed by atoms with Crippen LogP contribution in [0.3, 0.4) is 0 Å². The first-order chi connectivity index (χ1) is 12.2. The molecule has 0 bridgehead atoms. The first-order valence-electron chi connectivity index (χ1n) is 7.52. The summed E-state index contributed by atoms with van der Waals surface area (Å²) in [6.07, 6.45) is 7.53. The van der Waals surface area contributed by atoms with Crippen LogP contribution in [-0.4, -0.2) is 19.7 Å². The third-order valence-electron chi connectivity index (χ3n) is 3.64. The fourth-order valence-electron chi connectivity index (χ4n) is 2.43. The van der Waals surface area contributed by atoms with Crippen molar-refractivity contribution >= 4 is 39.4 Å². The first kappa shape index (κ1) is 15.2. The number of nitrogens with zero attached hydrogens (tertiary/aromatic N) is 4. The maximum absolute atomic E-state index is 10.8. The van der Waals surface area contributed by atoms with Crippen LogP contribution in [0, 0.1) is 10.1 Å². The van der Waals surface area contributed by atoms with Crippen molar-refractivity contribution in [1.29, 1.82) is 0 Å². The van der Waals surface area contributed by atoms with E-state index in [-0.39, 0.29) is 5.69 Å². The van der Waals surface area contributed by atoms with Gasteiger partial charge < -0.3 is 0 Å². The van der Waals surface area contributed by atoms with Gasteiger partial charge in [-0.1, -0.05) is 18.2 Å². The number of nitro groups is 1. The minimum absolute atomic E-state index is 0.0795. The molecule has 4 rings (SSSR count). The lowest BCUT2D eigenvalue weighted by Gasteiger charge is -1.98. The number of nitro benzene ring substituents is 1. The van der Waals surface area contributed by atoms with Crippen LogP contribution in [0.25, 0.3) is 28.1 Å². The van der Waals surface area contributed by atoms with Gasteiger partial charge >= 0.3 is 0 Å². The highest BCUT2D eigenvalue weighted by molar-refractivity contribution is 7.19. The van der Waals surface area contributed by atoms with Gasteiger partial charge in [0, 0.05) is 23.9 Å². The Balaban J connectivity index is 1.58. The number of para-hydroxylation sites is 1. The molecular formula is C18H12N4O2S. The molecule has 0 aliphatic rings. The van der Waals surface area contributed by atoms with Crippen molar-refractivity contribution < 1.29 is 4.92 Å². The normalized spacial score (nSPS) is 11.4. The van der Waals surface area contributed by atoms with Gasteiger partial charge in [-0.25, -0.2) is 9.67 Å². The van der Waals surface area contributed by atoms with Crippen molar-refractivity contribution in [2.24, 2.45) is 0 Å². The fourth-order valence-corrected chi connectivity index (χ4v) is 3.33. The Kier molecular flexibility index (Phi) is 3.83. The van der Waals surface area contributed by atoms with Gasteiger partial charge in [-0.3, -0.25) is 10.1 Å². The predicted octanol–water partition coefficient (Wildman–Crippen LogP) is 4.56. The Morgan fingerprint density at radius 3 is 2.76 bits per heavy atom. The Bertz CT molecular complexity index is 1080. The second-order valence-electron chi connectivity index (χ2n) is 5.35. The molecule has 0 atom stereocenters. The molecule has 25 heavy (non-hydrogen) atoms. The molecule has 0 aliphatic carbocycles. The third kappa shape index (κ3) is 3.17. The molecule has 6 nitrogen and oxygen atoms in total. The quantitative estimate of drug-likeness (QED) is 0.400. The standard InChI is InChI=1S/C18H12N4O2S/c23-22(24)15-7-8-16-17(10-15)25-18(20-16)9-6-13-11-19-21(12-13)14-4-2-1-3-5-14/h1-12H/b9-6+. The average molecular weight is 348 g/mol. The number of rotatable bonds is 4. The van der Waals surface area contributed by atoms with Crippen LogP contribution in [-0.2, 0) is 0 Å². The molecule has 0 spiro atoms. The van der Waals surface area contributed by atoms with E-state index in [0.717, 1.165) is 26.5 Å². The Morgan fingerprint density at radius 2 is 1.96 bits per heavy atom. The summed E-state index contributed by atoms with van der Waals surface area (Å²) in [5.41, 5.74) is 2.79. The van der Waals surface area contributed by atoms with E-state index in [4.69, 9.17) is 0 Å². The number of aromatic nitrogens is 3. The molecule has 0 radical (unpaired) electrons. The zero-order valence-corrected chi connectivity index (χ0v) is 13.8. The zero-order chi connectivity index (χ0) is 17.2. The molecule has 7 heteroatoms. The Labute approximate surface area is 146 Å². The summed E-state index contributed by atoms with van der Waals surface area (Å²) in [4.78, 5) is 14.9. The summed E-state index contributed by atoms with van der Waals surface area (Å²) in [6, 6.07) is 14.6. The van der Waals surface area contributed by atoms with Gasteiger partial charge in [0.05, 0.1) is 27.0 Å². The molecule has 2 aromatic heterocycles. The summed E-state index contributed by atoms with van der Waals surface area (Å²) >= 11 is 1.42. The van der Waals surface area contributed by atoms with Gasteiger partial charge in [-0.05, 0) is 30.4 Å². The van der Waals surface area contributed by atoms with Crippen molar-refractivity contribution in [3.63, 3.8) is 0 Å². The van der Waals surface area contributed by atoms with E-state index in [1.54, 1.807) is 23.0 Å². The zero-order valence-electron chi connectivity index (χ0n) is 12.9. The highest BCUT2D eigenvalue weighted by Gasteiger charge is 2.09. The molecular weight excluding hydrogens is 336 g/mol. The smallest absolute Gasteiger partial charge is 0.258 e. The lowest BCUT2D eigenvalue weighted by atomic mass is 10.3. The molecule has 2 aromatic carbocycles. The molecule has 0 fully saturated rings. The van der Waals surface area contributed by atoms with Crippen molar-refractivity contribution in [3.05, 3.63) is 81.6 Å².